The van der Waals surface area contributed by atoms with Crippen LogP contribution in [-0.4, -0.2) is 35.3 Å². The van der Waals surface area contributed by atoms with Crippen molar-refractivity contribution in [3.63, 3.8) is 0 Å². The van der Waals surface area contributed by atoms with Crippen molar-refractivity contribution in [2.45, 2.75) is 30.7 Å². The van der Waals surface area contributed by atoms with Crippen LogP contribution < -0.4 is 5.32 Å². The highest BCUT2D eigenvalue weighted by Crippen LogP contribution is 2.28. The van der Waals surface area contributed by atoms with E-state index in [0.717, 1.165) is 53.4 Å². The highest BCUT2D eigenvalue weighted by atomic mass is 79.9. The zero-order valence-electron chi connectivity index (χ0n) is 15.7. The Labute approximate surface area is 177 Å². The first kappa shape index (κ1) is 19.8. The van der Waals surface area contributed by atoms with Crippen LogP contribution in [0.4, 0.5) is 5.69 Å². The summed E-state index contributed by atoms with van der Waals surface area (Å²) >= 11 is 3.49. The topological polar surface area (TPSA) is 94.0 Å². The molecule has 0 aliphatic heterocycles. The molecule has 4 rings (SSSR count). The van der Waals surface area contributed by atoms with Gasteiger partial charge in [-0.05, 0) is 56.0 Å². The summed E-state index contributed by atoms with van der Waals surface area (Å²) in [5, 5.41) is 7.37. The van der Waals surface area contributed by atoms with E-state index < -0.39 is 9.84 Å². The van der Waals surface area contributed by atoms with Crippen molar-refractivity contribution < 1.29 is 13.2 Å². The Hall–Kier alpha value is -2.52. The number of pyridine rings is 1. The third kappa shape index (κ3) is 4.11. The molecule has 3 aromatic rings. The molecule has 0 saturated heterocycles. The maximum absolute atomic E-state index is 12.9. The number of fused-ring (bicyclic) bond motifs is 1. The molecule has 0 radical (unpaired) electrons. The van der Waals surface area contributed by atoms with E-state index in [1.54, 1.807) is 0 Å². The van der Waals surface area contributed by atoms with E-state index in [1.165, 1.54) is 18.3 Å². The molecule has 0 atom stereocenters. The zero-order valence-corrected chi connectivity index (χ0v) is 18.1. The van der Waals surface area contributed by atoms with E-state index in [2.05, 4.69) is 31.3 Å². The second kappa shape index (κ2) is 7.72. The first-order chi connectivity index (χ1) is 13.8. The minimum absolute atomic E-state index is 0.0354. The van der Waals surface area contributed by atoms with Gasteiger partial charge in [-0.1, -0.05) is 22.0 Å². The predicted octanol–water partition coefficient (Wildman–Crippen LogP) is 3.56. The normalized spacial score (nSPS) is 13.7. The number of rotatable bonds is 4. The van der Waals surface area contributed by atoms with Gasteiger partial charge in [0.15, 0.2) is 20.6 Å². The fraction of sp³-hybridized carbons (Fsp3) is 0.250. The second-order valence-electron chi connectivity index (χ2n) is 6.98. The third-order valence-corrected chi connectivity index (χ3v) is 6.32. The summed E-state index contributed by atoms with van der Waals surface area (Å²) in [6, 6.07) is 10.7. The van der Waals surface area contributed by atoms with Gasteiger partial charge < -0.3 is 5.32 Å². The van der Waals surface area contributed by atoms with E-state index in [9.17, 15) is 13.2 Å². The van der Waals surface area contributed by atoms with Crippen molar-refractivity contribution in [3.05, 3.63) is 64.0 Å². The SMILES string of the molecule is CS(=O)(=O)c1ccc(NC(=O)c2nn(-c3cccc(Br)c3)c3c2CCCC3)cn1. The standard InChI is InChI=1S/C20H19BrN4O3S/c1-29(27,28)18-10-9-14(12-22-18)23-20(26)19-16-7-2-3-8-17(16)25(24-19)15-6-4-5-13(21)11-15/h4-6,9-12H,2-3,7-8H2,1H3,(H,23,26). The van der Waals surface area contributed by atoms with Crippen LogP contribution in [-0.2, 0) is 22.7 Å². The molecule has 1 aliphatic rings. The van der Waals surface area contributed by atoms with E-state index >= 15 is 0 Å². The lowest BCUT2D eigenvalue weighted by Crippen LogP contribution is -2.16. The average molecular weight is 475 g/mol. The lowest BCUT2D eigenvalue weighted by Gasteiger charge is -2.14. The van der Waals surface area contributed by atoms with Crippen LogP contribution in [0, 0.1) is 0 Å². The molecule has 1 aromatic carbocycles. The van der Waals surface area contributed by atoms with Crippen molar-refractivity contribution in [3.8, 4) is 5.69 Å². The highest BCUT2D eigenvalue weighted by Gasteiger charge is 2.26. The average Bonchev–Trinajstić information content (AvgIpc) is 3.08. The molecule has 1 aliphatic carbocycles. The van der Waals surface area contributed by atoms with Gasteiger partial charge in [-0.15, -0.1) is 0 Å². The van der Waals surface area contributed by atoms with Gasteiger partial charge >= 0.3 is 0 Å². The Bertz CT molecular complexity index is 1190. The number of carbonyl (C=O) groups excluding carboxylic acids is 1. The van der Waals surface area contributed by atoms with Crippen molar-refractivity contribution >= 4 is 37.4 Å². The van der Waals surface area contributed by atoms with E-state index in [-0.39, 0.29) is 10.9 Å². The summed E-state index contributed by atoms with van der Waals surface area (Å²) in [5.41, 5.74) is 3.74. The molecular weight excluding hydrogens is 456 g/mol. The Morgan fingerprint density at radius 2 is 1.97 bits per heavy atom. The second-order valence-corrected chi connectivity index (χ2v) is 9.86. The number of anilines is 1. The molecule has 0 bridgehead atoms. The lowest BCUT2D eigenvalue weighted by molar-refractivity contribution is 0.102. The molecule has 1 N–H and O–H groups in total. The van der Waals surface area contributed by atoms with Crippen molar-refractivity contribution in [1.29, 1.82) is 0 Å². The summed E-state index contributed by atoms with van der Waals surface area (Å²) in [4.78, 5) is 16.9. The maximum atomic E-state index is 12.9. The molecule has 0 saturated carbocycles. The molecule has 2 heterocycles. The van der Waals surface area contributed by atoms with Gasteiger partial charge in [-0.3, -0.25) is 4.79 Å². The first-order valence-corrected chi connectivity index (χ1v) is 11.9. The van der Waals surface area contributed by atoms with Crippen molar-refractivity contribution in [2.75, 3.05) is 11.6 Å². The van der Waals surface area contributed by atoms with Gasteiger partial charge in [0.25, 0.3) is 5.91 Å². The fourth-order valence-electron chi connectivity index (χ4n) is 3.47. The minimum Gasteiger partial charge on any atom is -0.319 e. The van der Waals surface area contributed by atoms with Gasteiger partial charge in [0.1, 0.15) is 0 Å². The minimum atomic E-state index is -3.39. The third-order valence-electron chi connectivity index (χ3n) is 4.82. The van der Waals surface area contributed by atoms with Gasteiger partial charge in [0, 0.05) is 22.0 Å². The lowest BCUT2D eigenvalue weighted by atomic mass is 9.95. The monoisotopic (exact) mass is 474 g/mol. The molecule has 1 amide bonds. The molecule has 0 spiro atoms. The van der Waals surface area contributed by atoms with Crippen LogP contribution in [0.1, 0.15) is 34.6 Å². The number of hydrogen-bond acceptors (Lipinski definition) is 5. The summed E-state index contributed by atoms with van der Waals surface area (Å²) in [6.07, 6.45) is 6.18. The summed E-state index contributed by atoms with van der Waals surface area (Å²) < 4.78 is 25.9. The van der Waals surface area contributed by atoms with Crippen LogP contribution in [0.25, 0.3) is 5.69 Å². The highest BCUT2D eigenvalue weighted by molar-refractivity contribution is 9.10. The Morgan fingerprint density at radius 3 is 2.66 bits per heavy atom. The van der Waals surface area contributed by atoms with Gasteiger partial charge in [-0.25, -0.2) is 18.1 Å². The molecule has 29 heavy (non-hydrogen) atoms. The molecule has 0 fully saturated rings. The van der Waals surface area contributed by atoms with Crippen LogP contribution in [0.5, 0.6) is 0 Å². The van der Waals surface area contributed by atoms with Crippen LogP contribution in [0.3, 0.4) is 0 Å². The Balaban J connectivity index is 1.67. The van der Waals surface area contributed by atoms with Crippen molar-refractivity contribution in [2.24, 2.45) is 0 Å². The first-order valence-electron chi connectivity index (χ1n) is 9.17. The molecule has 7 nitrogen and oxygen atoms in total. The van der Waals surface area contributed by atoms with Crippen LogP contribution in [0.2, 0.25) is 0 Å². The van der Waals surface area contributed by atoms with E-state index in [1.807, 2.05) is 28.9 Å². The summed E-state index contributed by atoms with van der Waals surface area (Å²) in [6.45, 7) is 0. The predicted molar refractivity (Wildman–Crippen MR) is 113 cm³/mol. The fourth-order valence-corrected chi connectivity index (χ4v) is 4.41. The number of hydrogen-bond donors (Lipinski definition) is 1. The van der Waals surface area contributed by atoms with Gasteiger partial charge in [0.05, 0.1) is 17.6 Å². The van der Waals surface area contributed by atoms with Crippen LogP contribution >= 0.6 is 15.9 Å². The number of benzene rings is 1. The van der Waals surface area contributed by atoms with Gasteiger partial charge in [0.2, 0.25) is 0 Å². The zero-order chi connectivity index (χ0) is 20.6. The van der Waals surface area contributed by atoms with E-state index in [4.69, 9.17) is 0 Å². The number of nitrogens with one attached hydrogen (secondary N) is 1. The number of aromatic nitrogens is 3. The number of halogens is 1. The quantitative estimate of drug-likeness (QED) is 0.623. The number of sulfone groups is 1. The largest absolute Gasteiger partial charge is 0.319 e. The maximum Gasteiger partial charge on any atom is 0.276 e. The molecular formula is C20H19BrN4O3S. The Kier molecular flexibility index (Phi) is 5.26. The van der Waals surface area contributed by atoms with E-state index in [0.29, 0.717) is 11.4 Å². The smallest absolute Gasteiger partial charge is 0.276 e. The van der Waals surface area contributed by atoms with Gasteiger partial charge in [-0.2, -0.15) is 5.10 Å². The number of carbonyl (C=O) groups is 1. The van der Waals surface area contributed by atoms with Crippen molar-refractivity contribution in [1.82, 2.24) is 14.8 Å². The number of amides is 1. The number of nitrogens with zero attached hydrogens (tertiary/aromatic N) is 3. The molecule has 150 valence electrons. The van der Waals surface area contributed by atoms with Crippen LogP contribution in [0.15, 0.2) is 52.1 Å². The Morgan fingerprint density at radius 1 is 1.17 bits per heavy atom. The summed E-state index contributed by atoms with van der Waals surface area (Å²) in [5.74, 6) is -0.328. The molecule has 2 aromatic heterocycles. The summed E-state index contributed by atoms with van der Waals surface area (Å²) in [7, 11) is -3.39. The molecule has 9 heteroatoms. The molecule has 0 unspecified atom stereocenters.